The maximum atomic E-state index is 11.2. The zero-order valence-corrected chi connectivity index (χ0v) is 11.4. The molecule has 0 saturated carbocycles. The van der Waals surface area contributed by atoms with E-state index >= 15 is 0 Å². The summed E-state index contributed by atoms with van der Waals surface area (Å²) in [6, 6.07) is 0. The van der Waals surface area contributed by atoms with Crippen molar-refractivity contribution in [3.8, 4) is 0 Å². The van der Waals surface area contributed by atoms with Crippen LogP contribution in [0, 0.1) is 5.92 Å². The SMILES string of the molecule is NC(=O)C1CCCN(c2ncnc(Cl)c2Br)C1. The molecule has 1 amide bonds. The van der Waals surface area contributed by atoms with Gasteiger partial charge in [0, 0.05) is 13.1 Å². The quantitative estimate of drug-likeness (QED) is 0.840. The van der Waals surface area contributed by atoms with Crippen molar-refractivity contribution in [2.24, 2.45) is 11.7 Å². The summed E-state index contributed by atoms with van der Waals surface area (Å²) in [5.74, 6) is 0.339. The second-order valence-electron chi connectivity index (χ2n) is 3.99. The van der Waals surface area contributed by atoms with Gasteiger partial charge in [-0.25, -0.2) is 9.97 Å². The summed E-state index contributed by atoms with van der Waals surface area (Å²) in [5, 5.41) is 0.371. The lowest BCUT2D eigenvalue weighted by Crippen LogP contribution is -2.41. The number of carbonyl (C=O) groups is 1. The second-order valence-corrected chi connectivity index (χ2v) is 5.14. The van der Waals surface area contributed by atoms with E-state index in [-0.39, 0.29) is 11.8 Å². The molecule has 1 aromatic rings. The van der Waals surface area contributed by atoms with Crippen molar-refractivity contribution < 1.29 is 4.79 Å². The van der Waals surface area contributed by atoms with Gasteiger partial charge in [-0.3, -0.25) is 4.79 Å². The molecule has 1 atom stereocenters. The predicted molar refractivity (Wildman–Crippen MR) is 68.9 cm³/mol. The van der Waals surface area contributed by atoms with Gasteiger partial charge in [-0.2, -0.15) is 0 Å². The molecule has 2 N–H and O–H groups in total. The van der Waals surface area contributed by atoms with E-state index in [0.717, 1.165) is 25.2 Å². The molecule has 17 heavy (non-hydrogen) atoms. The van der Waals surface area contributed by atoms with Crippen LogP contribution in [0.5, 0.6) is 0 Å². The number of halogens is 2. The van der Waals surface area contributed by atoms with Crippen LogP contribution >= 0.6 is 27.5 Å². The van der Waals surface area contributed by atoms with Crippen LogP contribution in [0.2, 0.25) is 5.15 Å². The first-order valence-electron chi connectivity index (χ1n) is 5.30. The van der Waals surface area contributed by atoms with Crippen molar-refractivity contribution in [3.05, 3.63) is 16.0 Å². The van der Waals surface area contributed by atoms with E-state index < -0.39 is 0 Å². The maximum absolute atomic E-state index is 11.2. The van der Waals surface area contributed by atoms with Crippen LogP contribution < -0.4 is 10.6 Å². The van der Waals surface area contributed by atoms with Crippen LogP contribution in [0.15, 0.2) is 10.8 Å². The minimum atomic E-state index is -0.258. The van der Waals surface area contributed by atoms with Gasteiger partial charge in [0.25, 0.3) is 0 Å². The molecule has 92 valence electrons. The van der Waals surface area contributed by atoms with Crippen LogP contribution in [-0.4, -0.2) is 29.0 Å². The van der Waals surface area contributed by atoms with Crippen LogP contribution in [0.25, 0.3) is 0 Å². The van der Waals surface area contributed by atoms with Gasteiger partial charge in [0.05, 0.1) is 10.4 Å². The number of hydrogen-bond acceptors (Lipinski definition) is 4. The largest absolute Gasteiger partial charge is 0.369 e. The third-order valence-corrected chi connectivity index (χ3v) is 4.10. The summed E-state index contributed by atoms with van der Waals surface area (Å²) < 4.78 is 0.659. The van der Waals surface area contributed by atoms with Crippen LogP contribution in [-0.2, 0) is 4.79 Å². The topological polar surface area (TPSA) is 72.1 Å². The summed E-state index contributed by atoms with van der Waals surface area (Å²) in [6.07, 6.45) is 3.17. The van der Waals surface area contributed by atoms with Gasteiger partial charge >= 0.3 is 0 Å². The highest BCUT2D eigenvalue weighted by molar-refractivity contribution is 9.10. The molecule has 0 aliphatic carbocycles. The first kappa shape index (κ1) is 12.6. The van der Waals surface area contributed by atoms with Gasteiger partial charge < -0.3 is 10.6 Å². The number of hydrogen-bond donors (Lipinski definition) is 1. The fourth-order valence-electron chi connectivity index (χ4n) is 1.96. The molecule has 1 unspecified atom stereocenters. The number of carbonyl (C=O) groups excluding carboxylic acids is 1. The standard InChI is InChI=1S/C10H12BrClN4O/c11-7-8(12)14-5-15-10(7)16-3-1-2-6(4-16)9(13)17/h5-6H,1-4H2,(H2,13,17). The molecule has 0 spiro atoms. The third-order valence-electron chi connectivity index (χ3n) is 2.85. The molecular formula is C10H12BrClN4O. The van der Waals surface area contributed by atoms with Crippen molar-refractivity contribution in [3.63, 3.8) is 0 Å². The molecular weight excluding hydrogens is 307 g/mol. The molecule has 2 rings (SSSR count). The lowest BCUT2D eigenvalue weighted by atomic mass is 9.97. The Morgan fingerprint density at radius 3 is 3.06 bits per heavy atom. The molecule has 1 saturated heterocycles. The van der Waals surface area contributed by atoms with Crippen LogP contribution in [0.4, 0.5) is 5.82 Å². The Balaban J connectivity index is 2.22. The van der Waals surface area contributed by atoms with Crippen molar-refractivity contribution in [1.82, 2.24) is 9.97 Å². The zero-order chi connectivity index (χ0) is 12.4. The van der Waals surface area contributed by atoms with Gasteiger partial charge in [-0.05, 0) is 28.8 Å². The van der Waals surface area contributed by atoms with E-state index in [9.17, 15) is 4.79 Å². The summed E-state index contributed by atoms with van der Waals surface area (Å²) in [7, 11) is 0. The summed E-state index contributed by atoms with van der Waals surface area (Å²) in [4.78, 5) is 21.3. The van der Waals surface area contributed by atoms with Crippen LogP contribution in [0.1, 0.15) is 12.8 Å². The minimum Gasteiger partial charge on any atom is -0.369 e. The smallest absolute Gasteiger partial charge is 0.222 e. The third kappa shape index (κ3) is 2.69. The molecule has 1 aromatic heterocycles. The molecule has 7 heteroatoms. The van der Waals surface area contributed by atoms with Crippen LogP contribution in [0.3, 0.4) is 0 Å². The van der Waals surface area contributed by atoms with Gasteiger partial charge in [0.15, 0.2) is 0 Å². The summed E-state index contributed by atoms with van der Waals surface area (Å²) >= 11 is 9.27. The fraction of sp³-hybridized carbons (Fsp3) is 0.500. The Bertz CT molecular complexity index is 442. The highest BCUT2D eigenvalue weighted by Crippen LogP contribution is 2.31. The highest BCUT2D eigenvalue weighted by atomic mass is 79.9. The van der Waals surface area contributed by atoms with E-state index in [1.165, 1.54) is 6.33 Å². The first-order valence-corrected chi connectivity index (χ1v) is 6.47. The molecule has 1 aliphatic rings. The monoisotopic (exact) mass is 318 g/mol. The van der Waals surface area contributed by atoms with E-state index in [1.807, 2.05) is 4.90 Å². The first-order chi connectivity index (χ1) is 8.09. The lowest BCUT2D eigenvalue weighted by molar-refractivity contribution is -0.122. The van der Waals surface area contributed by atoms with Gasteiger partial charge in [-0.1, -0.05) is 11.6 Å². The van der Waals surface area contributed by atoms with Gasteiger partial charge in [-0.15, -0.1) is 0 Å². The Morgan fingerprint density at radius 2 is 2.35 bits per heavy atom. The minimum absolute atomic E-state index is 0.121. The zero-order valence-electron chi connectivity index (χ0n) is 9.07. The summed E-state index contributed by atoms with van der Waals surface area (Å²) in [5.41, 5.74) is 5.34. The number of primary amides is 1. The Labute approximate surface area is 112 Å². The number of piperidine rings is 1. The Morgan fingerprint density at radius 1 is 1.59 bits per heavy atom. The van der Waals surface area contributed by atoms with Gasteiger partial charge in [0.2, 0.25) is 5.91 Å². The normalized spacial score (nSPS) is 20.4. The molecule has 5 nitrogen and oxygen atoms in total. The predicted octanol–water partition coefficient (Wildman–Crippen LogP) is 1.59. The molecule has 0 aromatic carbocycles. The Kier molecular flexibility index (Phi) is 3.83. The lowest BCUT2D eigenvalue weighted by Gasteiger charge is -2.32. The van der Waals surface area contributed by atoms with E-state index in [4.69, 9.17) is 17.3 Å². The molecule has 0 radical (unpaired) electrons. The van der Waals surface area contributed by atoms with E-state index in [0.29, 0.717) is 16.2 Å². The van der Waals surface area contributed by atoms with Crippen molar-refractivity contribution in [2.75, 3.05) is 18.0 Å². The average molecular weight is 320 g/mol. The van der Waals surface area contributed by atoms with E-state index in [1.54, 1.807) is 0 Å². The number of aromatic nitrogens is 2. The fourth-order valence-corrected chi connectivity index (χ4v) is 2.55. The van der Waals surface area contributed by atoms with Gasteiger partial charge in [0.1, 0.15) is 17.3 Å². The van der Waals surface area contributed by atoms with Crippen molar-refractivity contribution in [2.45, 2.75) is 12.8 Å². The Hall–Kier alpha value is -0.880. The molecule has 1 aliphatic heterocycles. The molecule has 1 fully saturated rings. The number of anilines is 1. The number of rotatable bonds is 2. The highest BCUT2D eigenvalue weighted by Gasteiger charge is 2.26. The summed E-state index contributed by atoms with van der Waals surface area (Å²) in [6.45, 7) is 1.43. The number of amides is 1. The molecule has 2 heterocycles. The average Bonchev–Trinajstić information content (AvgIpc) is 2.33. The van der Waals surface area contributed by atoms with E-state index in [2.05, 4.69) is 25.9 Å². The number of nitrogens with two attached hydrogens (primary N) is 1. The molecule has 0 bridgehead atoms. The number of nitrogens with zero attached hydrogens (tertiary/aromatic N) is 3. The van der Waals surface area contributed by atoms with Crippen molar-refractivity contribution in [1.29, 1.82) is 0 Å². The maximum Gasteiger partial charge on any atom is 0.222 e. The second kappa shape index (κ2) is 5.18. The van der Waals surface area contributed by atoms with Crippen molar-refractivity contribution >= 4 is 39.3 Å².